The lowest BCUT2D eigenvalue weighted by Gasteiger charge is -2.30. The molecule has 0 saturated carbocycles. The Morgan fingerprint density at radius 3 is 2.41 bits per heavy atom. The van der Waals surface area contributed by atoms with Crippen LogP contribution < -0.4 is 4.74 Å². The first-order valence-electron chi connectivity index (χ1n) is 11.4. The van der Waals surface area contributed by atoms with Gasteiger partial charge in [-0.2, -0.15) is 13.9 Å². The van der Waals surface area contributed by atoms with Gasteiger partial charge in [0, 0.05) is 23.4 Å². The van der Waals surface area contributed by atoms with Gasteiger partial charge in [-0.3, -0.25) is 0 Å². The molecule has 0 spiro atoms. The summed E-state index contributed by atoms with van der Waals surface area (Å²) in [6.45, 7) is -1.86. The fourth-order valence-corrected chi connectivity index (χ4v) is 4.01. The zero-order chi connectivity index (χ0) is 28.2. The van der Waals surface area contributed by atoms with Gasteiger partial charge in [0.25, 0.3) is 0 Å². The van der Waals surface area contributed by atoms with E-state index in [1.165, 1.54) is 46.2 Å². The monoisotopic (exact) mass is 570 g/mol. The molecular weight excluding hydrogens is 550 g/mol. The Balaban J connectivity index is 1.50. The first kappa shape index (κ1) is 28.2. The van der Waals surface area contributed by atoms with E-state index in [9.17, 15) is 31.4 Å². The van der Waals surface area contributed by atoms with E-state index < -0.39 is 36.2 Å². The molecule has 0 bridgehead atoms. The van der Waals surface area contributed by atoms with Crippen LogP contribution in [0, 0.1) is 11.6 Å². The number of nitrogens with zero attached hydrogens (tertiary/aromatic N) is 4. The van der Waals surface area contributed by atoms with E-state index in [2.05, 4.69) is 10.1 Å². The molecule has 2 aromatic heterocycles. The maximum absolute atomic E-state index is 14.7. The van der Waals surface area contributed by atoms with Gasteiger partial charge in [-0.25, -0.2) is 27.2 Å². The summed E-state index contributed by atoms with van der Waals surface area (Å²) >= 11 is 6.53. The summed E-state index contributed by atoms with van der Waals surface area (Å²) in [4.78, 5) is 3.83. The van der Waals surface area contributed by atoms with Crippen molar-refractivity contribution in [3.8, 4) is 5.75 Å². The number of benzene rings is 2. The predicted molar refractivity (Wildman–Crippen MR) is 132 cm³/mol. The number of aliphatic hydroxyl groups is 1. The minimum Gasteiger partial charge on any atom is -0.487 e. The highest BCUT2D eigenvalue weighted by Gasteiger charge is 2.41. The third kappa shape index (κ3) is 6.82. The maximum atomic E-state index is 14.7. The summed E-state index contributed by atoms with van der Waals surface area (Å²) in [5.74, 6) is -5.99. The van der Waals surface area contributed by atoms with Crippen molar-refractivity contribution in [2.24, 2.45) is 0 Å². The molecule has 1 unspecified atom stereocenters. The number of hydrogen-bond donors (Lipinski definition) is 1. The minimum atomic E-state index is -4.26. The van der Waals surface area contributed by atoms with E-state index in [1.54, 1.807) is 24.4 Å². The Morgan fingerprint density at radius 1 is 1.03 bits per heavy atom. The van der Waals surface area contributed by atoms with E-state index in [4.69, 9.17) is 16.3 Å². The summed E-state index contributed by atoms with van der Waals surface area (Å²) in [6, 6.07) is 10.3. The maximum Gasteiger partial charge on any atom is 0.340 e. The van der Waals surface area contributed by atoms with Crippen molar-refractivity contribution in [2.45, 2.75) is 31.0 Å². The van der Waals surface area contributed by atoms with Crippen LogP contribution in [0.5, 0.6) is 5.75 Å². The number of rotatable bonds is 11. The number of alkyl halides is 4. The second kappa shape index (κ2) is 11.5. The molecule has 2 heterocycles. The van der Waals surface area contributed by atoms with Crippen LogP contribution in [0.15, 0.2) is 67.4 Å². The highest BCUT2D eigenvalue weighted by atomic mass is 35.5. The van der Waals surface area contributed by atoms with Gasteiger partial charge < -0.3 is 14.4 Å². The van der Waals surface area contributed by atoms with E-state index >= 15 is 0 Å². The van der Waals surface area contributed by atoms with Crippen molar-refractivity contribution in [1.82, 2.24) is 19.3 Å². The van der Waals surface area contributed by atoms with E-state index in [0.717, 1.165) is 12.1 Å². The van der Waals surface area contributed by atoms with E-state index in [-0.39, 0.29) is 29.6 Å². The molecule has 4 rings (SSSR count). The molecule has 39 heavy (non-hydrogen) atoms. The molecule has 0 aliphatic carbocycles. The van der Waals surface area contributed by atoms with Crippen LogP contribution in [-0.4, -0.2) is 43.4 Å². The molecule has 1 N–H and O–H groups in total. The van der Waals surface area contributed by atoms with Crippen molar-refractivity contribution in [3.63, 3.8) is 0 Å². The van der Waals surface area contributed by atoms with Crippen molar-refractivity contribution in [1.29, 1.82) is 0 Å². The Kier molecular flexibility index (Phi) is 8.36. The fraction of sp³-hybridized carbons (Fsp3) is 0.231. The largest absolute Gasteiger partial charge is 0.487 e. The molecule has 0 saturated heterocycles. The summed E-state index contributed by atoms with van der Waals surface area (Å²) in [7, 11) is 0. The van der Waals surface area contributed by atoms with Gasteiger partial charge in [0.15, 0.2) is 6.61 Å². The smallest absolute Gasteiger partial charge is 0.340 e. The zero-order valence-electron chi connectivity index (χ0n) is 20.0. The number of aromatic nitrogens is 4. The van der Waals surface area contributed by atoms with Crippen LogP contribution in [0.3, 0.4) is 0 Å². The Morgan fingerprint density at radius 2 is 1.77 bits per heavy atom. The van der Waals surface area contributed by atoms with Crippen molar-refractivity contribution < 1.29 is 36.2 Å². The average Bonchev–Trinajstić information content (AvgIpc) is 3.51. The van der Waals surface area contributed by atoms with Crippen molar-refractivity contribution in [3.05, 3.63) is 101 Å². The molecule has 0 fully saturated rings. The summed E-state index contributed by atoms with van der Waals surface area (Å²) < 4.78 is 86.3. The highest BCUT2D eigenvalue weighted by molar-refractivity contribution is 6.31. The van der Waals surface area contributed by atoms with Crippen LogP contribution in [0.1, 0.15) is 16.7 Å². The van der Waals surface area contributed by atoms with Crippen LogP contribution in [0.4, 0.5) is 26.3 Å². The minimum absolute atomic E-state index is 0.00338. The van der Waals surface area contributed by atoms with Gasteiger partial charge >= 0.3 is 12.3 Å². The second-order valence-electron chi connectivity index (χ2n) is 8.69. The third-order valence-electron chi connectivity index (χ3n) is 5.76. The molecule has 0 aliphatic heterocycles. The van der Waals surface area contributed by atoms with E-state index in [0.29, 0.717) is 17.2 Å². The average molecular weight is 571 g/mol. The Hall–Kier alpha value is -3.77. The molecule has 6 nitrogen and oxygen atoms in total. The normalized spacial score (nSPS) is 13.8. The van der Waals surface area contributed by atoms with Gasteiger partial charge in [-0.05, 0) is 29.8 Å². The lowest BCUT2D eigenvalue weighted by molar-refractivity contribution is -0.148. The van der Waals surface area contributed by atoms with Gasteiger partial charge in [-0.15, -0.1) is 0 Å². The lowest BCUT2D eigenvalue weighted by Crippen LogP contribution is -2.37. The third-order valence-corrected chi connectivity index (χ3v) is 6.20. The summed E-state index contributed by atoms with van der Waals surface area (Å²) in [5, 5.41) is 15.7. The number of ether oxygens (including phenoxy) is 1. The summed E-state index contributed by atoms with van der Waals surface area (Å²) in [5.41, 5.74) is -0.875. The standard InChI is InChI=1S/C26H21ClF6N4O2/c27-23-18(4-1-17-2-6-20(7-3-17)39-14-26(32,33)24(30)31)9-10-36(23)12-25(38,13-37-16-34-15-35-37)21-8-5-19(28)11-22(21)29/h1-11,15-16,24,38H,12-14H2. The van der Waals surface area contributed by atoms with Crippen LogP contribution in [0.2, 0.25) is 5.15 Å². The number of halogens is 7. The summed E-state index contributed by atoms with van der Waals surface area (Å²) in [6.07, 6.45) is 3.66. The van der Waals surface area contributed by atoms with Gasteiger partial charge in [-0.1, -0.05) is 42.0 Å². The highest BCUT2D eigenvalue weighted by Crippen LogP contribution is 2.31. The predicted octanol–water partition coefficient (Wildman–Crippen LogP) is 6.05. The topological polar surface area (TPSA) is 65.1 Å². The molecule has 13 heteroatoms. The fourth-order valence-electron chi connectivity index (χ4n) is 3.77. The van der Waals surface area contributed by atoms with Crippen molar-refractivity contribution >= 4 is 23.8 Å². The van der Waals surface area contributed by atoms with Gasteiger partial charge in [0.2, 0.25) is 0 Å². The lowest BCUT2D eigenvalue weighted by atomic mass is 9.92. The SMILES string of the molecule is OC(Cn1cncn1)(Cn1ccc(C=Cc2ccc(OCC(F)(F)C(F)F)cc2)c1Cl)c1ccc(F)cc1F. The molecule has 2 aromatic carbocycles. The molecule has 0 radical (unpaired) electrons. The quantitative estimate of drug-likeness (QED) is 0.223. The van der Waals surface area contributed by atoms with Crippen molar-refractivity contribution in [2.75, 3.05) is 6.61 Å². The molecule has 206 valence electrons. The Bertz CT molecular complexity index is 1430. The zero-order valence-corrected chi connectivity index (χ0v) is 20.8. The van der Waals surface area contributed by atoms with Crippen LogP contribution >= 0.6 is 11.6 Å². The second-order valence-corrected chi connectivity index (χ2v) is 9.05. The molecular formula is C26H21ClF6N4O2. The molecule has 1 atom stereocenters. The molecule has 4 aromatic rings. The van der Waals surface area contributed by atoms with Crippen LogP contribution in [-0.2, 0) is 18.7 Å². The van der Waals surface area contributed by atoms with Gasteiger partial charge in [0.05, 0.1) is 13.1 Å². The first-order valence-corrected chi connectivity index (χ1v) is 11.8. The first-order chi connectivity index (χ1) is 18.5. The number of hydrogen-bond acceptors (Lipinski definition) is 4. The molecule has 0 aliphatic rings. The molecule has 0 amide bonds. The Labute approximate surface area is 223 Å². The van der Waals surface area contributed by atoms with Gasteiger partial charge in [0.1, 0.15) is 40.8 Å². The van der Waals surface area contributed by atoms with E-state index in [1.807, 2.05) is 0 Å². The van der Waals surface area contributed by atoms with Crippen LogP contribution in [0.25, 0.3) is 12.2 Å².